The molecule has 1 aromatic carbocycles. The molecule has 0 aliphatic carbocycles. The maximum atomic E-state index is 12.5. The van der Waals surface area contributed by atoms with Crippen molar-refractivity contribution >= 4 is 35.3 Å². The van der Waals surface area contributed by atoms with E-state index in [0.29, 0.717) is 29.7 Å². The van der Waals surface area contributed by atoms with Crippen molar-refractivity contribution in [3.63, 3.8) is 0 Å². The fraction of sp³-hybridized carbons (Fsp3) is 0.444. The molecular formula is C18H23N3O4S. The van der Waals surface area contributed by atoms with Gasteiger partial charge in [0.1, 0.15) is 6.04 Å². The van der Waals surface area contributed by atoms with E-state index in [1.54, 1.807) is 18.2 Å². The number of rotatable bonds is 7. The monoisotopic (exact) mass is 377 g/mol. The zero-order valence-electron chi connectivity index (χ0n) is 14.9. The second kappa shape index (κ2) is 9.38. The Bertz CT molecular complexity index is 705. The van der Waals surface area contributed by atoms with Gasteiger partial charge in [0, 0.05) is 24.4 Å². The Morgan fingerprint density at radius 1 is 1.42 bits per heavy atom. The fourth-order valence-electron chi connectivity index (χ4n) is 2.53. The van der Waals surface area contributed by atoms with E-state index in [2.05, 4.69) is 19.2 Å². The summed E-state index contributed by atoms with van der Waals surface area (Å²) in [7, 11) is 0. The van der Waals surface area contributed by atoms with Gasteiger partial charge < -0.3 is 10.2 Å². The van der Waals surface area contributed by atoms with Crippen LogP contribution in [0, 0.1) is 16.0 Å². The normalized spacial score (nSPS) is 17.0. The van der Waals surface area contributed by atoms with Crippen molar-refractivity contribution in [1.82, 2.24) is 10.2 Å². The molecule has 0 spiro atoms. The van der Waals surface area contributed by atoms with Gasteiger partial charge >= 0.3 is 0 Å². The number of hydrogen-bond acceptors (Lipinski definition) is 5. The average molecular weight is 377 g/mol. The molecule has 1 fully saturated rings. The fourth-order valence-corrected chi connectivity index (χ4v) is 3.69. The van der Waals surface area contributed by atoms with Crippen LogP contribution in [0.2, 0.25) is 0 Å². The summed E-state index contributed by atoms with van der Waals surface area (Å²) < 4.78 is 0. The van der Waals surface area contributed by atoms with Gasteiger partial charge in [-0.1, -0.05) is 26.0 Å². The molecule has 140 valence electrons. The van der Waals surface area contributed by atoms with Crippen LogP contribution in [-0.4, -0.2) is 45.9 Å². The highest BCUT2D eigenvalue weighted by Gasteiger charge is 2.33. The number of thioether (sulfide) groups is 1. The van der Waals surface area contributed by atoms with Crippen molar-refractivity contribution < 1.29 is 14.5 Å². The van der Waals surface area contributed by atoms with Gasteiger partial charge in [-0.05, 0) is 24.5 Å². The molecular weight excluding hydrogens is 354 g/mol. The van der Waals surface area contributed by atoms with E-state index in [4.69, 9.17) is 0 Å². The van der Waals surface area contributed by atoms with Crippen LogP contribution in [0.15, 0.2) is 30.3 Å². The third-order valence-corrected chi connectivity index (χ3v) is 5.04. The maximum absolute atomic E-state index is 12.5. The number of amides is 2. The minimum Gasteiger partial charge on any atom is -0.354 e. The van der Waals surface area contributed by atoms with E-state index >= 15 is 0 Å². The summed E-state index contributed by atoms with van der Waals surface area (Å²) in [6, 6.07) is 5.72. The summed E-state index contributed by atoms with van der Waals surface area (Å²) in [4.78, 5) is 36.8. The average Bonchev–Trinajstić information content (AvgIpc) is 3.09. The second-order valence-corrected chi connectivity index (χ2v) is 7.45. The number of para-hydroxylation sites is 1. The third-order valence-electron chi connectivity index (χ3n) is 4.03. The van der Waals surface area contributed by atoms with Gasteiger partial charge in [0.2, 0.25) is 11.8 Å². The van der Waals surface area contributed by atoms with Crippen molar-refractivity contribution in [3.8, 4) is 0 Å². The van der Waals surface area contributed by atoms with Crippen molar-refractivity contribution in [2.75, 3.05) is 18.2 Å². The predicted octanol–water partition coefficient (Wildman–Crippen LogP) is 2.67. The Labute approximate surface area is 157 Å². The molecule has 1 aliphatic rings. The van der Waals surface area contributed by atoms with Gasteiger partial charge in [-0.25, -0.2) is 0 Å². The van der Waals surface area contributed by atoms with Crippen molar-refractivity contribution in [2.45, 2.75) is 26.3 Å². The molecule has 1 heterocycles. The largest absolute Gasteiger partial charge is 0.354 e. The number of nitrogens with zero attached hydrogens (tertiary/aromatic N) is 2. The van der Waals surface area contributed by atoms with Crippen molar-refractivity contribution in [2.24, 2.45) is 5.92 Å². The molecule has 0 aromatic heterocycles. The minimum absolute atomic E-state index is 0.0599. The first-order chi connectivity index (χ1) is 12.4. The topological polar surface area (TPSA) is 92.6 Å². The number of carbonyl (C=O) groups excluding carboxylic acids is 2. The molecule has 1 atom stereocenters. The number of nitro benzene ring substituents is 1. The van der Waals surface area contributed by atoms with Gasteiger partial charge in [-0.15, -0.1) is 11.8 Å². The highest BCUT2D eigenvalue weighted by atomic mass is 32.2. The lowest BCUT2D eigenvalue weighted by Crippen LogP contribution is -2.47. The Morgan fingerprint density at radius 2 is 2.15 bits per heavy atom. The summed E-state index contributed by atoms with van der Waals surface area (Å²) in [5.74, 6) is 1.01. The molecule has 0 bridgehead atoms. The molecule has 0 saturated carbocycles. The third kappa shape index (κ3) is 5.32. The maximum Gasteiger partial charge on any atom is 0.276 e. The Hall–Kier alpha value is -2.35. The number of benzene rings is 1. The summed E-state index contributed by atoms with van der Waals surface area (Å²) in [5, 5.41) is 13.9. The molecule has 2 rings (SSSR count). The van der Waals surface area contributed by atoms with Crippen LogP contribution in [0.25, 0.3) is 6.08 Å². The quantitative estimate of drug-likeness (QED) is 0.448. The lowest BCUT2D eigenvalue weighted by Gasteiger charge is -2.22. The molecule has 8 heteroatoms. The number of hydrogen-bond donors (Lipinski definition) is 1. The van der Waals surface area contributed by atoms with Crippen LogP contribution >= 0.6 is 11.8 Å². The molecule has 1 aliphatic heterocycles. The summed E-state index contributed by atoms with van der Waals surface area (Å²) in [6.07, 6.45) is 3.61. The van der Waals surface area contributed by atoms with Gasteiger partial charge in [-0.3, -0.25) is 19.7 Å². The number of nitrogens with one attached hydrogen (secondary N) is 1. The lowest BCUT2D eigenvalue weighted by atomic mass is 10.1. The van der Waals surface area contributed by atoms with Crippen LogP contribution in [0.1, 0.15) is 25.8 Å². The molecule has 0 unspecified atom stereocenters. The molecule has 2 amide bonds. The summed E-state index contributed by atoms with van der Waals surface area (Å²) in [5.41, 5.74) is 0.297. The van der Waals surface area contributed by atoms with Gasteiger partial charge in [0.15, 0.2) is 0 Å². The van der Waals surface area contributed by atoms with Crippen LogP contribution in [0.5, 0.6) is 0 Å². The van der Waals surface area contributed by atoms with Gasteiger partial charge in [0.05, 0.1) is 16.4 Å². The molecule has 1 N–H and O–H groups in total. The Kier molecular flexibility index (Phi) is 7.20. The van der Waals surface area contributed by atoms with Crippen LogP contribution in [0.3, 0.4) is 0 Å². The molecule has 26 heavy (non-hydrogen) atoms. The second-order valence-electron chi connectivity index (χ2n) is 6.45. The van der Waals surface area contributed by atoms with Crippen LogP contribution < -0.4 is 5.32 Å². The SMILES string of the molecule is CC(C)CCNC(=O)[C@H]1CSCN1C(=O)/C=C\c1ccccc1[N+](=O)[O-]. The van der Waals surface area contributed by atoms with E-state index in [1.807, 2.05) is 0 Å². The van der Waals surface area contributed by atoms with Crippen LogP contribution in [-0.2, 0) is 9.59 Å². The summed E-state index contributed by atoms with van der Waals surface area (Å²) in [6.45, 7) is 4.76. The van der Waals surface area contributed by atoms with Gasteiger partial charge in [-0.2, -0.15) is 0 Å². The highest BCUT2D eigenvalue weighted by molar-refractivity contribution is 7.99. The smallest absolute Gasteiger partial charge is 0.276 e. The molecule has 1 saturated heterocycles. The first-order valence-corrected chi connectivity index (χ1v) is 9.63. The first-order valence-electron chi connectivity index (χ1n) is 8.47. The molecule has 0 radical (unpaired) electrons. The molecule has 7 nitrogen and oxygen atoms in total. The van der Waals surface area contributed by atoms with Crippen LogP contribution in [0.4, 0.5) is 5.69 Å². The van der Waals surface area contributed by atoms with E-state index in [1.165, 1.54) is 34.9 Å². The Morgan fingerprint density at radius 3 is 2.85 bits per heavy atom. The predicted molar refractivity (Wildman–Crippen MR) is 103 cm³/mol. The molecule has 1 aromatic rings. The number of nitro groups is 1. The zero-order valence-corrected chi connectivity index (χ0v) is 15.7. The number of carbonyl (C=O) groups is 2. The van der Waals surface area contributed by atoms with E-state index in [-0.39, 0.29) is 17.5 Å². The Balaban J connectivity index is 2.02. The summed E-state index contributed by atoms with van der Waals surface area (Å²) >= 11 is 1.52. The van der Waals surface area contributed by atoms with Crippen molar-refractivity contribution in [3.05, 3.63) is 46.0 Å². The zero-order chi connectivity index (χ0) is 19.1. The first kappa shape index (κ1) is 20.0. The van der Waals surface area contributed by atoms with E-state index < -0.39 is 11.0 Å². The van der Waals surface area contributed by atoms with E-state index in [9.17, 15) is 19.7 Å². The standard InChI is InChI=1S/C18H23N3O4S/c1-13(2)9-10-19-18(23)16-11-26-12-20(16)17(22)8-7-14-5-3-4-6-15(14)21(24)25/h3-8,13,16H,9-12H2,1-2H3,(H,19,23)/b8-7-/t16-/m1/s1. The highest BCUT2D eigenvalue weighted by Crippen LogP contribution is 2.23. The van der Waals surface area contributed by atoms with Crippen molar-refractivity contribution in [1.29, 1.82) is 0 Å². The van der Waals surface area contributed by atoms with Gasteiger partial charge in [0.25, 0.3) is 5.69 Å². The minimum atomic E-state index is -0.505. The lowest BCUT2D eigenvalue weighted by molar-refractivity contribution is -0.385. The van der Waals surface area contributed by atoms with E-state index in [0.717, 1.165) is 6.42 Å².